The molecular formula is C26H27F5N4O5S. The Labute approximate surface area is 231 Å². The molecular weight excluding hydrogens is 575 g/mol. The van der Waals surface area contributed by atoms with E-state index in [0.717, 1.165) is 23.1 Å². The van der Waals surface area contributed by atoms with Gasteiger partial charge in [0.2, 0.25) is 26.8 Å². The zero-order valence-corrected chi connectivity index (χ0v) is 22.5. The van der Waals surface area contributed by atoms with Crippen LogP contribution in [0, 0.1) is 23.5 Å². The molecule has 3 aliphatic heterocycles. The van der Waals surface area contributed by atoms with Crippen molar-refractivity contribution >= 4 is 38.5 Å². The van der Waals surface area contributed by atoms with Gasteiger partial charge >= 0.3 is 0 Å². The van der Waals surface area contributed by atoms with Gasteiger partial charge in [0.1, 0.15) is 23.4 Å². The van der Waals surface area contributed by atoms with Gasteiger partial charge in [-0.1, -0.05) is 0 Å². The molecule has 0 unspecified atom stereocenters. The highest BCUT2D eigenvalue weighted by molar-refractivity contribution is 7.94. The van der Waals surface area contributed by atoms with E-state index in [1.807, 2.05) is 0 Å². The maximum Gasteiger partial charge on any atom is 0.271 e. The number of hydrogen-bond acceptors (Lipinski definition) is 5. The lowest BCUT2D eigenvalue weighted by Gasteiger charge is -2.53. The Kier molecular flexibility index (Phi) is 7.37. The molecule has 2 aromatic rings. The van der Waals surface area contributed by atoms with Crippen LogP contribution in [0.25, 0.3) is 10.9 Å². The summed E-state index contributed by atoms with van der Waals surface area (Å²) in [6.07, 6.45) is 0.618. The fourth-order valence-electron chi connectivity index (χ4n) is 6.10. The van der Waals surface area contributed by atoms with Crippen molar-refractivity contribution in [2.75, 3.05) is 12.8 Å². The molecule has 0 spiro atoms. The molecule has 5 atom stereocenters. The number of aromatic nitrogens is 1. The SMILES string of the molecule is CS(=O)(=O)/C(F)=C\[C@@H](C[C@@H]1CCNC1=O)NC(=O)[C@@H]1[C@H]2CC[C@H](CC2(F)F)N1C(=O)c1cc2c(F)ccc(F)c2[nH]1. The molecule has 2 bridgehead atoms. The van der Waals surface area contributed by atoms with Crippen molar-refractivity contribution in [3.8, 4) is 0 Å². The Balaban J connectivity index is 1.49. The molecule has 41 heavy (non-hydrogen) atoms. The Bertz CT molecular complexity index is 1520. The minimum atomic E-state index is -4.32. The number of hydrogen-bond donors (Lipinski definition) is 3. The summed E-state index contributed by atoms with van der Waals surface area (Å²) >= 11 is 0. The molecule has 3 amide bonds. The van der Waals surface area contributed by atoms with Gasteiger partial charge in [-0.3, -0.25) is 14.4 Å². The monoisotopic (exact) mass is 602 g/mol. The fraction of sp³-hybridized carbons (Fsp3) is 0.500. The Morgan fingerprint density at radius 2 is 1.90 bits per heavy atom. The van der Waals surface area contributed by atoms with Crippen molar-refractivity contribution in [3.05, 3.63) is 46.8 Å². The van der Waals surface area contributed by atoms with E-state index in [1.54, 1.807) is 0 Å². The van der Waals surface area contributed by atoms with Crippen molar-refractivity contribution < 1.29 is 44.8 Å². The molecule has 1 saturated carbocycles. The predicted octanol–water partition coefficient (Wildman–Crippen LogP) is 2.94. The number of H-pyrrole nitrogens is 1. The number of piperidine rings is 2. The van der Waals surface area contributed by atoms with Crippen LogP contribution in [0.5, 0.6) is 0 Å². The van der Waals surface area contributed by atoms with E-state index in [-0.39, 0.29) is 35.9 Å². The zero-order chi connectivity index (χ0) is 29.9. The van der Waals surface area contributed by atoms with Gasteiger partial charge in [-0.05, 0) is 50.0 Å². The molecule has 1 aromatic heterocycles. The van der Waals surface area contributed by atoms with E-state index in [0.29, 0.717) is 25.3 Å². The number of nitrogens with zero attached hydrogens (tertiary/aromatic N) is 1. The van der Waals surface area contributed by atoms with Gasteiger partial charge in [0.05, 0.1) is 17.5 Å². The maximum atomic E-state index is 15.1. The fourth-order valence-corrected chi connectivity index (χ4v) is 6.51. The van der Waals surface area contributed by atoms with E-state index in [2.05, 4.69) is 15.6 Å². The first-order valence-electron chi connectivity index (χ1n) is 13.0. The summed E-state index contributed by atoms with van der Waals surface area (Å²) in [6, 6.07) is -1.48. The van der Waals surface area contributed by atoms with Gasteiger partial charge in [0.15, 0.2) is 0 Å². The van der Waals surface area contributed by atoms with E-state index in [1.165, 1.54) is 0 Å². The summed E-state index contributed by atoms with van der Waals surface area (Å²) < 4.78 is 96.6. The number of halogens is 5. The molecule has 3 saturated heterocycles. The first-order chi connectivity index (χ1) is 19.2. The van der Waals surface area contributed by atoms with Gasteiger partial charge in [0.25, 0.3) is 11.8 Å². The van der Waals surface area contributed by atoms with Crippen LogP contribution in [0.4, 0.5) is 22.0 Å². The van der Waals surface area contributed by atoms with Crippen LogP contribution in [0.2, 0.25) is 0 Å². The molecule has 1 aromatic carbocycles. The summed E-state index contributed by atoms with van der Waals surface area (Å²) in [5.74, 6) is -9.77. The van der Waals surface area contributed by atoms with E-state index >= 15 is 8.78 Å². The number of amides is 3. The van der Waals surface area contributed by atoms with Crippen LogP contribution >= 0.6 is 0 Å². The highest BCUT2D eigenvalue weighted by Crippen LogP contribution is 2.49. The summed E-state index contributed by atoms with van der Waals surface area (Å²) in [5, 5.41) is 3.14. The molecule has 4 fully saturated rings. The Morgan fingerprint density at radius 3 is 2.51 bits per heavy atom. The molecule has 4 heterocycles. The highest BCUT2D eigenvalue weighted by atomic mass is 32.2. The summed E-state index contributed by atoms with van der Waals surface area (Å²) in [6.45, 7) is 0.314. The first kappa shape index (κ1) is 29.0. The van der Waals surface area contributed by atoms with Crippen molar-refractivity contribution in [2.24, 2.45) is 11.8 Å². The third-order valence-corrected chi connectivity index (χ3v) is 8.92. The molecule has 15 heteroatoms. The number of benzene rings is 1. The van der Waals surface area contributed by atoms with Crippen LogP contribution in [0.3, 0.4) is 0 Å². The molecule has 4 aliphatic rings. The van der Waals surface area contributed by atoms with Gasteiger partial charge < -0.3 is 20.5 Å². The third kappa shape index (κ3) is 5.43. The minimum absolute atomic E-state index is 0.112. The number of alkyl halides is 2. The number of sulfone groups is 1. The van der Waals surface area contributed by atoms with Gasteiger partial charge in [-0.15, -0.1) is 0 Å². The lowest BCUT2D eigenvalue weighted by Crippen LogP contribution is -2.68. The van der Waals surface area contributed by atoms with E-state index in [9.17, 15) is 36.0 Å². The standard InChI is InChI=1S/C26H27F5N4O5S/c1-41(39,40)20(29)9-13(8-12-6-7-32-23(12)36)33-24(37)22-16-3-2-14(11-26(16,30)31)35(22)25(38)19-10-15-17(27)4-5-18(28)21(15)34-19/h4-5,9-10,12-14,16,22,34H,2-3,6-8,11H2,1H3,(H,32,36)(H,33,37)/b20-9-/t12-,13+,14+,16+,22-/m0/s1. The van der Waals surface area contributed by atoms with Gasteiger partial charge in [0, 0.05) is 36.6 Å². The van der Waals surface area contributed by atoms with Crippen LogP contribution in [-0.4, -0.2) is 72.9 Å². The number of nitrogens with one attached hydrogen (secondary N) is 3. The zero-order valence-electron chi connectivity index (χ0n) is 21.7. The Morgan fingerprint density at radius 1 is 1.20 bits per heavy atom. The van der Waals surface area contributed by atoms with Crippen molar-refractivity contribution in [1.82, 2.24) is 20.5 Å². The summed E-state index contributed by atoms with van der Waals surface area (Å²) in [7, 11) is -4.32. The second-order valence-electron chi connectivity index (χ2n) is 10.8. The van der Waals surface area contributed by atoms with Crippen molar-refractivity contribution in [2.45, 2.75) is 56.2 Å². The van der Waals surface area contributed by atoms with E-state index < -0.39 is 86.7 Å². The average molecular weight is 603 g/mol. The van der Waals surface area contributed by atoms with Crippen molar-refractivity contribution in [1.29, 1.82) is 0 Å². The van der Waals surface area contributed by atoms with Crippen molar-refractivity contribution in [3.63, 3.8) is 0 Å². The molecule has 9 nitrogen and oxygen atoms in total. The second kappa shape index (κ2) is 10.4. The number of fused-ring (bicyclic) bond motifs is 4. The van der Waals surface area contributed by atoms with Gasteiger partial charge in [-0.25, -0.2) is 26.0 Å². The summed E-state index contributed by atoms with van der Waals surface area (Å²) in [4.78, 5) is 42.8. The largest absolute Gasteiger partial charge is 0.356 e. The van der Waals surface area contributed by atoms with Crippen LogP contribution in [-0.2, 0) is 19.4 Å². The topological polar surface area (TPSA) is 128 Å². The highest BCUT2D eigenvalue weighted by Gasteiger charge is 2.60. The molecule has 222 valence electrons. The predicted molar refractivity (Wildman–Crippen MR) is 136 cm³/mol. The molecule has 3 N–H and O–H groups in total. The van der Waals surface area contributed by atoms with E-state index in [4.69, 9.17) is 0 Å². The van der Waals surface area contributed by atoms with Gasteiger partial charge in [-0.2, -0.15) is 4.39 Å². The van der Waals surface area contributed by atoms with Crippen LogP contribution in [0.1, 0.15) is 42.6 Å². The smallest absolute Gasteiger partial charge is 0.271 e. The Hall–Kier alpha value is -3.49. The molecule has 0 radical (unpaired) electrons. The number of carbonyl (C=O) groups is 3. The molecule has 1 aliphatic carbocycles. The minimum Gasteiger partial charge on any atom is -0.356 e. The number of aromatic amines is 1. The lowest BCUT2D eigenvalue weighted by molar-refractivity contribution is -0.179. The maximum absolute atomic E-state index is 15.1. The normalized spacial score (nSPS) is 26.7. The van der Waals surface area contributed by atoms with Crippen LogP contribution < -0.4 is 10.6 Å². The second-order valence-corrected chi connectivity index (χ2v) is 12.8. The molecule has 6 rings (SSSR count). The van der Waals surface area contributed by atoms with Crippen LogP contribution in [0.15, 0.2) is 29.4 Å². The lowest BCUT2D eigenvalue weighted by atomic mass is 9.71. The quantitative estimate of drug-likeness (QED) is 0.420. The third-order valence-electron chi connectivity index (χ3n) is 8.07. The first-order valence-corrected chi connectivity index (χ1v) is 14.9. The number of rotatable bonds is 7. The summed E-state index contributed by atoms with van der Waals surface area (Å²) in [5.41, 5.74) is -0.627. The number of carbonyl (C=O) groups excluding carboxylic acids is 3. The average Bonchev–Trinajstić information content (AvgIpc) is 3.52.